The van der Waals surface area contributed by atoms with Gasteiger partial charge in [0.1, 0.15) is 0 Å². The molecular formula is C37H35N3O3S. The first-order chi connectivity index (χ1) is 21.5. The van der Waals surface area contributed by atoms with Crippen LogP contribution in [0.3, 0.4) is 0 Å². The van der Waals surface area contributed by atoms with Gasteiger partial charge in [-0.3, -0.25) is 9.69 Å². The standard InChI is InChI=1S/C37H35N3O3S/c41-37(35(29-13-5-1-6-14-29)30-15-7-2-8-16-30)38-33-21-23-34(24-22-33)44(42,43)40-27-25-39(26-28-40)36(31-17-9-3-10-18-31)32-19-11-4-12-20-32/h1-24,35-36H,25-28H2,(H,38,41). The fraction of sp³-hybridized carbons (Fsp3) is 0.162. The van der Waals surface area contributed by atoms with Crippen LogP contribution < -0.4 is 5.32 Å². The topological polar surface area (TPSA) is 69.7 Å². The van der Waals surface area contributed by atoms with Crippen LogP contribution in [0.15, 0.2) is 150 Å². The lowest BCUT2D eigenvalue weighted by molar-refractivity contribution is -0.116. The zero-order valence-corrected chi connectivity index (χ0v) is 25.2. The van der Waals surface area contributed by atoms with E-state index in [4.69, 9.17) is 0 Å². The van der Waals surface area contributed by atoms with Gasteiger partial charge < -0.3 is 5.32 Å². The lowest BCUT2D eigenvalue weighted by Crippen LogP contribution is -2.49. The molecule has 6 nitrogen and oxygen atoms in total. The van der Waals surface area contributed by atoms with Gasteiger partial charge in [0.05, 0.1) is 16.9 Å². The van der Waals surface area contributed by atoms with E-state index in [0.717, 1.165) is 11.1 Å². The van der Waals surface area contributed by atoms with E-state index < -0.39 is 15.9 Å². The highest BCUT2D eigenvalue weighted by Gasteiger charge is 2.32. The molecule has 0 saturated carbocycles. The van der Waals surface area contributed by atoms with E-state index in [0.29, 0.717) is 31.9 Å². The second kappa shape index (κ2) is 13.4. The first-order valence-electron chi connectivity index (χ1n) is 14.9. The number of sulfonamides is 1. The fourth-order valence-electron chi connectivity index (χ4n) is 5.95. The maximum atomic E-state index is 13.6. The van der Waals surface area contributed by atoms with E-state index in [2.05, 4.69) is 34.5 Å². The first kappa shape index (κ1) is 29.5. The molecule has 1 heterocycles. The van der Waals surface area contributed by atoms with Crippen molar-refractivity contribution in [2.45, 2.75) is 16.9 Å². The Balaban J connectivity index is 1.14. The molecule has 1 N–H and O–H groups in total. The molecule has 1 amide bonds. The minimum Gasteiger partial charge on any atom is -0.325 e. The second-order valence-corrected chi connectivity index (χ2v) is 12.9. The van der Waals surface area contributed by atoms with Gasteiger partial charge in [0.15, 0.2) is 0 Å². The molecule has 0 bridgehead atoms. The maximum absolute atomic E-state index is 13.6. The highest BCUT2D eigenvalue weighted by Crippen LogP contribution is 2.31. The van der Waals surface area contributed by atoms with Crippen LogP contribution in [0.5, 0.6) is 0 Å². The highest BCUT2D eigenvalue weighted by atomic mass is 32.2. The minimum atomic E-state index is -3.69. The van der Waals surface area contributed by atoms with Crippen molar-refractivity contribution in [3.8, 4) is 0 Å². The number of carbonyl (C=O) groups is 1. The summed E-state index contributed by atoms with van der Waals surface area (Å²) in [6.07, 6.45) is 0. The van der Waals surface area contributed by atoms with Gasteiger partial charge in [0.25, 0.3) is 0 Å². The molecule has 222 valence electrons. The Morgan fingerprint density at radius 3 is 1.39 bits per heavy atom. The van der Waals surface area contributed by atoms with Crippen molar-refractivity contribution < 1.29 is 13.2 Å². The van der Waals surface area contributed by atoms with E-state index in [1.54, 1.807) is 28.6 Å². The summed E-state index contributed by atoms with van der Waals surface area (Å²) in [5, 5.41) is 2.99. The van der Waals surface area contributed by atoms with Gasteiger partial charge in [-0.1, -0.05) is 121 Å². The molecular weight excluding hydrogens is 566 g/mol. The predicted octanol–water partition coefficient (Wildman–Crippen LogP) is 6.55. The maximum Gasteiger partial charge on any atom is 0.243 e. The van der Waals surface area contributed by atoms with Gasteiger partial charge >= 0.3 is 0 Å². The van der Waals surface area contributed by atoms with Crippen LogP contribution in [0.4, 0.5) is 5.69 Å². The molecule has 1 fully saturated rings. The summed E-state index contributed by atoms with van der Waals surface area (Å²) >= 11 is 0. The fourth-order valence-corrected chi connectivity index (χ4v) is 7.37. The summed E-state index contributed by atoms with van der Waals surface area (Å²) < 4.78 is 28.8. The Morgan fingerprint density at radius 1 is 0.545 bits per heavy atom. The van der Waals surface area contributed by atoms with Crippen molar-refractivity contribution in [1.29, 1.82) is 0 Å². The van der Waals surface area contributed by atoms with Gasteiger partial charge in [0, 0.05) is 31.9 Å². The Labute approximate surface area is 259 Å². The van der Waals surface area contributed by atoms with Gasteiger partial charge in [-0.15, -0.1) is 0 Å². The average molecular weight is 602 g/mol. The molecule has 7 heteroatoms. The number of carbonyl (C=O) groups excluding carboxylic acids is 1. The lowest BCUT2D eigenvalue weighted by atomic mass is 9.90. The SMILES string of the molecule is O=C(Nc1ccc(S(=O)(=O)N2CCN(C(c3ccccc3)c3ccccc3)CC2)cc1)C(c1ccccc1)c1ccccc1. The Bertz CT molecular complexity index is 1680. The zero-order valence-electron chi connectivity index (χ0n) is 24.4. The highest BCUT2D eigenvalue weighted by molar-refractivity contribution is 7.89. The molecule has 44 heavy (non-hydrogen) atoms. The average Bonchev–Trinajstić information content (AvgIpc) is 3.07. The normalized spacial score (nSPS) is 14.5. The molecule has 0 radical (unpaired) electrons. The van der Waals surface area contributed by atoms with Crippen LogP contribution in [0.25, 0.3) is 0 Å². The molecule has 0 spiro atoms. The molecule has 1 saturated heterocycles. The number of nitrogens with one attached hydrogen (secondary N) is 1. The van der Waals surface area contributed by atoms with Crippen molar-refractivity contribution in [3.63, 3.8) is 0 Å². The largest absolute Gasteiger partial charge is 0.325 e. The molecule has 0 aromatic heterocycles. The van der Waals surface area contributed by atoms with Crippen molar-refractivity contribution in [1.82, 2.24) is 9.21 Å². The van der Waals surface area contributed by atoms with E-state index in [9.17, 15) is 13.2 Å². The number of hydrogen-bond donors (Lipinski definition) is 1. The van der Waals surface area contributed by atoms with E-state index in [1.165, 1.54) is 11.1 Å². The third kappa shape index (κ3) is 6.50. The third-order valence-electron chi connectivity index (χ3n) is 8.16. The number of hydrogen-bond acceptors (Lipinski definition) is 4. The lowest BCUT2D eigenvalue weighted by Gasteiger charge is -2.39. The molecule has 1 aliphatic rings. The van der Waals surface area contributed by atoms with E-state index in [1.807, 2.05) is 97.1 Å². The van der Waals surface area contributed by atoms with Crippen LogP contribution in [0.1, 0.15) is 34.2 Å². The summed E-state index contributed by atoms with van der Waals surface area (Å²) in [5.41, 5.74) is 4.70. The molecule has 5 aromatic rings. The molecule has 6 rings (SSSR count). The van der Waals surface area contributed by atoms with Crippen molar-refractivity contribution in [2.24, 2.45) is 0 Å². The molecule has 5 aromatic carbocycles. The van der Waals surface area contributed by atoms with Crippen molar-refractivity contribution in [3.05, 3.63) is 168 Å². The van der Waals surface area contributed by atoms with Crippen LogP contribution in [0.2, 0.25) is 0 Å². The number of piperazine rings is 1. The monoisotopic (exact) mass is 601 g/mol. The number of rotatable bonds is 9. The van der Waals surface area contributed by atoms with Crippen LogP contribution in [-0.2, 0) is 14.8 Å². The van der Waals surface area contributed by atoms with Gasteiger partial charge in [-0.2, -0.15) is 4.31 Å². The number of anilines is 1. The summed E-state index contributed by atoms with van der Waals surface area (Å²) in [5.74, 6) is -0.673. The van der Waals surface area contributed by atoms with Crippen LogP contribution in [-0.4, -0.2) is 49.7 Å². The van der Waals surface area contributed by atoms with E-state index >= 15 is 0 Å². The number of benzene rings is 5. The summed E-state index contributed by atoms with van der Waals surface area (Å²) in [4.78, 5) is 16.1. The zero-order chi connectivity index (χ0) is 30.4. The molecule has 1 aliphatic heterocycles. The summed E-state index contributed by atoms with van der Waals surface area (Å²) in [6.45, 7) is 2.02. The predicted molar refractivity (Wildman–Crippen MR) is 175 cm³/mol. The van der Waals surface area contributed by atoms with Crippen LogP contribution >= 0.6 is 0 Å². The van der Waals surface area contributed by atoms with Gasteiger partial charge in [-0.25, -0.2) is 8.42 Å². The third-order valence-corrected chi connectivity index (χ3v) is 10.1. The molecule has 0 aliphatic carbocycles. The van der Waals surface area contributed by atoms with Crippen molar-refractivity contribution >= 4 is 21.6 Å². The van der Waals surface area contributed by atoms with Gasteiger partial charge in [0.2, 0.25) is 15.9 Å². The van der Waals surface area contributed by atoms with Crippen molar-refractivity contribution in [2.75, 3.05) is 31.5 Å². The molecule has 0 atom stereocenters. The number of nitrogens with zero attached hydrogens (tertiary/aromatic N) is 2. The Hall–Kier alpha value is -4.56. The Morgan fingerprint density at radius 2 is 0.955 bits per heavy atom. The summed E-state index contributed by atoms with van der Waals surface area (Å²) in [6, 6.07) is 46.5. The minimum absolute atomic E-state index is 0.0562. The smallest absolute Gasteiger partial charge is 0.243 e. The number of amides is 1. The van der Waals surface area contributed by atoms with Crippen LogP contribution in [0, 0.1) is 0 Å². The second-order valence-electron chi connectivity index (χ2n) is 10.9. The van der Waals surface area contributed by atoms with E-state index in [-0.39, 0.29) is 16.8 Å². The molecule has 0 unspecified atom stereocenters. The Kier molecular flexibility index (Phi) is 8.98. The summed E-state index contributed by atoms with van der Waals surface area (Å²) in [7, 11) is -3.69. The van der Waals surface area contributed by atoms with Gasteiger partial charge in [-0.05, 0) is 46.5 Å². The quantitative estimate of drug-likeness (QED) is 0.208. The first-order valence-corrected chi connectivity index (χ1v) is 16.3.